The number of hydrogen-bond donors (Lipinski definition) is 0. The molecule has 33 heavy (non-hydrogen) atoms. The van der Waals surface area contributed by atoms with E-state index in [9.17, 15) is 25.0 Å². The highest BCUT2D eigenvalue weighted by atomic mass is 16.6. The molecule has 3 aromatic carbocycles. The van der Waals surface area contributed by atoms with Crippen molar-refractivity contribution >= 4 is 34.5 Å². The number of anilines is 1. The summed E-state index contributed by atoms with van der Waals surface area (Å²) in [5.74, 6) is -0.128. The molecular formula is C25H19N3O5. The van der Waals surface area contributed by atoms with Crippen LogP contribution in [0.25, 0.3) is 11.6 Å². The Morgan fingerprint density at radius 3 is 2.36 bits per heavy atom. The Kier molecular flexibility index (Phi) is 5.82. The molecule has 3 aromatic rings. The smallest absolute Gasteiger partial charge is 0.283 e. The highest BCUT2D eigenvalue weighted by Crippen LogP contribution is 2.37. The molecule has 8 nitrogen and oxygen atoms in total. The molecule has 0 saturated heterocycles. The first-order valence-corrected chi connectivity index (χ1v) is 10.2. The average Bonchev–Trinajstić information content (AvgIpc) is 2.84. The predicted octanol–water partition coefficient (Wildman–Crippen LogP) is 5.63. The molecule has 0 saturated carbocycles. The van der Waals surface area contributed by atoms with Crippen molar-refractivity contribution in [3.8, 4) is 0 Å². The zero-order valence-electron chi connectivity index (χ0n) is 17.7. The number of carbonyl (C=O) groups excluding carboxylic acids is 1. The number of hydrogen-bond acceptors (Lipinski definition) is 6. The zero-order chi connectivity index (χ0) is 23.5. The maximum atomic E-state index is 13.0. The van der Waals surface area contributed by atoms with Crippen molar-refractivity contribution in [2.24, 2.45) is 0 Å². The highest BCUT2D eigenvalue weighted by Gasteiger charge is 2.22. The molecule has 1 aliphatic heterocycles. The van der Waals surface area contributed by atoms with Crippen molar-refractivity contribution in [2.45, 2.75) is 6.92 Å². The Bertz CT molecular complexity index is 1330. The quantitative estimate of drug-likeness (QED) is 0.279. The summed E-state index contributed by atoms with van der Waals surface area (Å²) in [6.45, 7) is 2.69. The predicted molar refractivity (Wildman–Crippen MR) is 126 cm³/mol. The molecule has 0 amide bonds. The van der Waals surface area contributed by atoms with E-state index in [0.29, 0.717) is 23.2 Å². The van der Waals surface area contributed by atoms with Gasteiger partial charge < -0.3 is 4.90 Å². The Balaban J connectivity index is 1.84. The van der Waals surface area contributed by atoms with Crippen molar-refractivity contribution in [1.82, 2.24) is 0 Å². The molecule has 164 valence electrons. The van der Waals surface area contributed by atoms with Gasteiger partial charge in [-0.25, -0.2) is 0 Å². The SMILES string of the molecule is CCN1C=CC(=Cc2ccc([N+](=O)[O-])cc2[N+](=O)[O-])c2cc(C(=O)c3ccccc3)ccc21. The lowest BCUT2D eigenvalue weighted by Gasteiger charge is -2.27. The third-order valence-electron chi connectivity index (χ3n) is 5.42. The van der Waals surface area contributed by atoms with E-state index in [4.69, 9.17) is 0 Å². The van der Waals surface area contributed by atoms with Gasteiger partial charge >= 0.3 is 0 Å². The minimum absolute atomic E-state index is 0.128. The zero-order valence-corrected chi connectivity index (χ0v) is 17.7. The molecular weight excluding hydrogens is 422 g/mol. The summed E-state index contributed by atoms with van der Waals surface area (Å²) < 4.78 is 0. The maximum Gasteiger partial charge on any atom is 0.283 e. The van der Waals surface area contributed by atoms with Crippen LogP contribution in [0, 0.1) is 20.2 Å². The number of ketones is 1. The molecule has 0 unspecified atom stereocenters. The molecule has 0 bridgehead atoms. The number of allylic oxidation sites excluding steroid dienone is 2. The molecule has 0 spiro atoms. The third-order valence-corrected chi connectivity index (χ3v) is 5.42. The standard InChI is InChI=1S/C25H19N3O5/c1-2-26-13-12-18(14-19-8-10-21(27(30)31)16-24(19)28(32)33)22-15-20(9-11-23(22)26)25(29)17-6-4-3-5-7-17/h3-16H,2H2,1H3. The number of non-ortho nitro benzene ring substituents is 1. The first-order chi connectivity index (χ1) is 15.9. The summed E-state index contributed by atoms with van der Waals surface area (Å²) in [6, 6.07) is 17.9. The number of nitrogens with zero attached hydrogens (tertiary/aromatic N) is 3. The van der Waals surface area contributed by atoms with Gasteiger partial charge in [0, 0.05) is 41.2 Å². The number of rotatable bonds is 6. The summed E-state index contributed by atoms with van der Waals surface area (Å²) >= 11 is 0. The van der Waals surface area contributed by atoms with Gasteiger partial charge in [0.25, 0.3) is 11.4 Å². The Morgan fingerprint density at radius 1 is 0.939 bits per heavy atom. The van der Waals surface area contributed by atoms with E-state index < -0.39 is 9.85 Å². The molecule has 0 N–H and O–H groups in total. The van der Waals surface area contributed by atoms with Gasteiger partial charge in [0.05, 0.1) is 21.5 Å². The van der Waals surface area contributed by atoms with E-state index in [-0.39, 0.29) is 22.7 Å². The fraction of sp³-hybridized carbons (Fsp3) is 0.0800. The van der Waals surface area contributed by atoms with Gasteiger partial charge in [0.2, 0.25) is 0 Å². The summed E-state index contributed by atoms with van der Waals surface area (Å²) in [6.07, 6.45) is 5.29. The number of nitro benzene ring substituents is 2. The van der Waals surface area contributed by atoms with Gasteiger partial charge in [0.15, 0.2) is 5.78 Å². The van der Waals surface area contributed by atoms with Crippen molar-refractivity contribution in [3.05, 3.63) is 121 Å². The monoisotopic (exact) mass is 441 g/mol. The van der Waals surface area contributed by atoms with Crippen LogP contribution in [0.2, 0.25) is 0 Å². The molecule has 0 atom stereocenters. The van der Waals surface area contributed by atoms with Crippen LogP contribution in [-0.4, -0.2) is 22.2 Å². The van der Waals surface area contributed by atoms with E-state index in [1.807, 2.05) is 36.2 Å². The van der Waals surface area contributed by atoms with Gasteiger partial charge in [-0.2, -0.15) is 0 Å². The van der Waals surface area contributed by atoms with Crippen molar-refractivity contribution in [2.75, 3.05) is 11.4 Å². The summed E-state index contributed by atoms with van der Waals surface area (Å²) in [5.41, 5.74) is 2.85. The Morgan fingerprint density at radius 2 is 1.70 bits per heavy atom. The van der Waals surface area contributed by atoms with Gasteiger partial charge in [-0.3, -0.25) is 25.0 Å². The van der Waals surface area contributed by atoms with Crippen molar-refractivity contribution in [1.29, 1.82) is 0 Å². The largest absolute Gasteiger partial charge is 0.348 e. The maximum absolute atomic E-state index is 13.0. The van der Waals surface area contributed by atoms with E-state index >= 15 is 0 Å². The molecule has 0 aliphatic carbocycles. The lowest BCUT2D eigenvalue weighted by atomic mass is 9.93. The second kappa shape index (κ2) is 8.88. The van der Waals surface area contributed by atoms with E-state index in [1.165, 1.54) is 12.1 Å². The molecule has 1 heterocycles. The molecule has 0 fully saturated rings. The normalized spacial score (nSPS) is 13.6. The van der Waals surface area contributed by atoms with E-state index in [0.717, 1.165) is 17.3 Å². The summed E-state index contributed by atoms with van der Waals surface area (Å²) in [7, 11) is 0. The highest BCUT2D eigenvalue weighted by molar-refractivity contribution is 6.10. The van der Waals surface area contributed by atoms with Crippen molar-refractivity contribution < 1.29 is 14.6 Å². The minimum atomic E-state index is -0.666. The average molecular weight is 441 g/mol. The first-order valence-electron chi connectivity index (χ1n) is 10.2. The lowest BCUT2D eigenvalue weighted by Crippen LogP contribution is -2.19. The summed E-state index contributed by atoms with van der Waals surface area (Å²) in [4.78, 5) is 36.3. The lowest BCUT2D eigenvalue weighted by molar-refractivity contribution is -0.394. The van der Waals surface area contributed by atoms with Crippen LogP contribution in [0.4, 0.5) is 17.1 Å². The molecule has 4 rings (SSSR count). The van der Waals surface area contributed by atoms with Crippen LogP contribution in [0.1, 0.15) is 34.0 Å². The van der Waals surface area contributed by atoms with Gasteiger partial charge in [0.1, 0.15) is 0 Å². The number of fused-ring (bicyclic) bond motifs is 1. The topological polar surface area (TPSA) is 107 Å². The molecule has 0 radical (unpaired) electrons. The molecule has 1 aliphatic rings. The minimum Gasteiger partial charge on any atom is -0.348 e. The molecule has 0 aromatic heterocycles. The summed E-state index contributed by atoms with van der Waals surface area (Å²) in [5, 5.41) is 22.6. The van der Waals surface area contributed by atoms with Crippen LogP contribution in [-0.2, 0) is 0 Å². The fourth-order valence-electron chi connectivity index (χ4n) is 3.75. The number of benzene rings is 3. The van der Waals surface area contributed by atoms with Crippen LogP contribution in [0.3, 0.4) is 0 Å². The fourth-order valence-corrected chi connectivity index (χ4v) is 3.75. The van der Waals surface area contributed by atoms with Crippen LogP contribution in [0.5, 0.6) is 0 Å². The van der Waals surface area contributed by atoms with Gasteiger partial charge in [-0.1, -0.05) is 30.3 Å². The third kappa shape index (κ3) is 4.27. The van der Waals surface area contributed by atoms with Crippen molar-refractivity contribution in [3.63, 3.8) is 0 Å². The van der Waals surface area contributed by atoms with Crippen LogP contribution in [0.15, 0.2) is 79.0 Å². The Labute approximate surface area is 189 Å². The van der Waals surface area contributed by atoms with E-state index in [1.54, 1.807) is 42.5 Å². The Hall–Kier alpha value is -4.59. The molecule has 8 heteroatoms. The van der Waals surface area contributed by atoms with Gasteiger partial charge in [-0.05, 0) is 48.9 Å². The van der Waals surface area contributed by atoms with E-state index in [2.05, 4.69) is 0 Å². The second-order valence-corrected chi connectivity index (χ2v) is 7.39. The number of carbonyl (C=O) groups is 1. The second-order valence-electron chi connectivity index (χ2n) is 7.39. The number of nitro groups is 2. The van der Waals surface area contributed by atoms with Crippen LogP contribution >= 0.6 is 0 Å². The first kappa shape index (κ1) is 21.6. The van der Waals surface area contributed by atoms with Crippen LogP contribution < -0.4 is 4.90 Å². The van der Waals surface area contributed by atoms with Gasteiger partial charge in [-0.15, -0.1) is 0 Å².